The summed E-state index contributed by atoms with van der Waals surface area (Å²) in [7, 11) is -3.47. The fourth-order valence-electron chi connectivity index (χ4n) is 4.36. The molecule has 0 unspecified atom stereocenters. The second kappa shape index (κ2) is 11.7. The predicted molar refractivity (Wildman–Crippen MR) is 143 cm³/mol. The van der Waals surface area contributed by atoms with E-state index >= 15 is 4.39 Å². The standard InChI is InChI=1S/C28H23ClF5NO5S/c1-16(27-21(29)7-4-8-22(27)30)11-17-12-24-25(14-23(17)31)40-19(9-10-26(36)39-2)15-35(24)41(37,38)20-6-3-5-18(13-20)28(32,33)34/h3-8,11-14,19H,9-10,15H2,1-2H3/b16-11+/t19-/m0/s1. The molecule has 13 heteroatoms. The average Bonchev–Trinajstić information content (AvgIpc) is 2.91. The lowest BCUT2D eigenvalue weighted by Crippen LogP contribution is -2.44. The zero-order valence-corrected chi connectivity index (χ0v) is 23.2. The van der Waals surface area contributed by atoms with Crippen LogP contribution in [-0.4, -0.2) is 34.1 Å². The quantitative estimate of drug-likeness (QED) is 0.161. The lowest BCUT2D eigenvalue weighted by atomic mass is 10.0. The van der Waals surface area contributed by atoms with Crippen LogP contribution in [0.4, 0.5) is 27.6 Å². The highest BCUT2D eigenvalue weighted by Gasteiger charge is 2.37. The van der Waals surface area contributed by atoms with Crippen LogP contribution in [0.25, 0.3) is 11.6 Å². The number of carbonyl (C=O) groups excluding carboxylic acids is 1. The molecule has 1 aliphatic rings. The van der Waals surface area contributed by atoms with Gasteiger partial charge in [-0.15, -0.1) is 0 Å². The van der Waals surface area contributed by atoms with Gasteiger partial charge in [0.05, 0.1) is 34.8 Å². The molecule has 41 heavy (non-hydrogen) atoms. The Morgan fingerprint density at radius 2 is 1.83 bits per heavy atom. The van der Waals surface area contributed by atoms with Gasteiger partial charge in [0.25, 0.3) is 10.0 Å². The summed E-state index contributed by atoms with van der Waals surface area (Å²) >= 11 is 6.12. The van der Waals surface area contributed by atoms with Crippen LogP contribution in [0.1, 0.15) is 36.5 Å². The van der Waals surface area contributed by atoms with Gasteiger partial charge in [0.1, 0.15) is 23.5 Å². The lowest BCUT2D eigenvalue weighted by Gasteiger charge is -2.36. The molecule has 0 amide bonds. The Bertz CT molecular complexity index is 1600. The minimum atomic E-state index is -4.80. The van der Waals surface area contributed by atoms with E-state index in [1.54, 1.807) is 0 Å². The van der Waals surface area contributed by atoms with Crippen molar-refractivity contribution in [3.05, 3.63) is 87.9 Å². The smallest absolute Gasteiger partial charge is 0.416 e. The van der Waals surface area contributed by atoms with E-state index in [1.165, 1.54) is 38.3 Å². The Morgan fingerprint density at radius 3 is 2.49 bits per heavy atom. The number of allylic oxidation sites excluding steroid dienone is 1. The number of nitrogens with zero attached hydrogens (tertiary/aromatic N) is 1. The van der Waals surface area contributed by atoms with Crippen LogP contribution >= 0.6 is 11.6 Å². The Morgan fingerprint density at radius 1 is 1.12 bits per heavy atom. The van der Waals surface area contributed by atoms with E-state index in [2.05, 4.69) is 4.74 Å². The summed E-state index contributed by atoms with van der Waals surface area (Å²) in [4.78, 5) is 11.0. The van der Waals surface area contributed by atoms with E-state index in [1.807, 2.05) is 0 Å². The average molecular weight is 616 g/mol. The van der Waals surface area contributed by atoms with E-state index < -0.39 is 56.9 Å². The molecule has 218 valence electrons. The Labute approximate surface area is 238 Å². The van der Waals surface area contributed by atoms with E-state index in [-0.39, 0.29) is 46.0 Å². The molecule has 0 fully saturated rings. The van der Waals surface area contributed by atoms with Crippen molar-refractivity contribution in [2.24, 2.45) is 0 Å². The van der Waals surface area contributed by atoms with Crippen LogP contribution in [-0.2, 0) is 25.7 Å². The number of esters is 1. The van der Waals surface area contributed by atoms with Crippen LogP contribution < -0.4 is 9.04 Å². The number of sulfonamides is 1. The summed E-state index contributed by atoms with van der Waals surface area (Å²) in [5, 5.41) is 0.0719. The minimum Gasteiger partial charge on any atom is -0.486 e. The summed E-state index contributed by atoms with van der Waals surface area (Å²) in [5.74, 6) is -2.31. The highest BCUT2D eigenvalue weighted by Crippen LogP contribution is 2.41. The number of halogens is 6. The summed E-state index contributed by atoms with van der Waals surface area (Å²) in [6.45, 7) is 1.09. The molecule has 0 saturated heterocycles. The number of hydrogen-bond donors (Lipinski definition) is 0. The fraction of sp³-hybridized carbons (Fsp3) is 0.250. The van der Waals surface area contributed by atoms with E-state index in [0.29, 0.717) is 6.07 Å². The van der Waals surface area contributed by atoms with Crippen molar-refractivity contribution in [2.45, 2.75) is 36.9 Å². The largest absolute Gasteiger partial charge is 0.486 e. The summed E-state index contributed by atoms with van der Waals surface area (Å²) < 4.78 is 109. The molecular weight excluding hydrogens is 593 g/mol. The van der Waals surface area contributed by atoms with E-state index in [9.17, 15) is 30.8 Å². The van der Waals surface area contributed by atoms with Gasteiger partial charge in [0.2, 0.25) is 0 Å². The predicted octanol–water partition coefficient (Wildman–Crippen LogP) is 7.11. The SMILES string of the molecule is COC(=O)CC[C@H]1CN(S(=O)(=O)c2cccc(C(F)(F)F)c2)c2cc(/C=C(\C)c3c(F)cccc3Cl)c(F)cc2O1. The second-order valence-corrected chi connectivity index (χ2v) is 11.5. The third-order valence-electron chi connectivity index (χ3n) is 6.39. The summed E-state index contributed by atoms with van der Waals surface area (Å²) in [6, 6.07) is 9.31. The summed E-state index contributed by atoms with van der Waals surface area (Å²) in [6.07, 6.45) is -4.67. The van der Waals surface area contributed by atoms with Gasteiger partial charge in [-0.3, -0.25) is 9.10 Å². The molecule has 0 aliphatic carbocycles. The zero-order valence-electron chi connectivity index (χ0n) is 21.6. The maximum absolute atomic E-state index is 15.3. The Kier molecular flexibility index (Phi) is 8.65. The van der Waals surface area contributed by atoms with Crippen molar-refractivity contribution < 1.29 is 44.6 Å². The second-order valence-electron chi connectivity index (χ2n) is 9.18. The highest BCUT2D eigenvalue weighted by molar-refractivity contribution is 7.92. The van der Waals surface area contributed by atoms with Crippen molar-refractivity contribution in [1.29, 1.82) is 0 Å². The molecule has 0 aromatic heterocycles. The third-order valence-corrected chi connectivity index (χ3v) is 8.48. The number of anilines is 1. The van der Waals surface area contributed by atoms with Gasteiger partial charge < -0.3 is 9.47 Å². The van der Waals surface area contributed by atoms with Crippen molar-refractivity contribution >= 4 is 44.9 Å². The first-order valence-corrected chi connectivity index (χ1v) is 13.9. The normalized spacial score (nSPS) is 15.8. The van der Waals surface area contributed by atoms with Gasteiger partial charge in [-0.25, -0.2) is 17.2 Å². The number of ether oxygens (including phenoxy) is 2. The molecule has 6 nitrogen and oxygen atoms in total. The third kappa shape index (κ3) is 6.48. The van der Waals surface area contributed by atoms with Gasteiger partial charge in [0.15, 0.2) is 0 Å². The van der Waals surface area contributed by atoms with Gasteiger partial charge in [0, 0.05) is 23.6 Å². The van der Waals surface area contributed by atoms with Crippen molar-refractivity contribution in [3.63, 3.8) is 0 Å². The molecular formula is C28H23ClF5NO5S. The number of hydrogen-bond acceptors (Lipinski definition) is 5. The first-order chi connectivity index (χ1) is 19.2. The van der Waals surface area contributed by atoms with Crippen molar-refractivity contribution in [3.8, 4) is 5.75 Å². The lowest BCUT2D eigenvalue weighted by molar-refractivity contribution is -0.141. The Hall–Kier alpha value is -3.64. The first-order valence-electron chi connectivity index (χ1n) is 12.1. The molecule has 0 spiro atoms. The number of rotatable bonds is 7. The molecule has 3 aromatic carbocycles. The minimum absolute atomic E-state index is 0.0128. The number of alkyl halides is 3. The molecule has 0 radical (unpaired) electrons. The van der Waals surface area contributed by atoms with Crippen molar-refractivity contribution in [1.82, 2.24) is 0 Å². The van der Waals surface area contributed by atoms with Crippen LogP contribution in [0.15, 0.2) is 59.5 Å². The van der Waals surface area contributed by atoms with Crippen LogP contribution in [0.3, 0.4) is 0 Å². The molecule has 0 N–H and O–H groups in total. The maximum atomic E-state index is 15.3. The molecule has 4 rings (SSSR count). The van der Waals surface area contributed by atoms with Gasteiger partial charge in [-0.1, -0.05) is 23.7 Å². The molecule has 3 aromatic rings. The highest BCUT2D eigenvalue weighted by atomic mass is 35.5. The molecule has 0 saturated carbocycles. The van der Waals surface area contributed by atoms with Gasteiger partial charge in [-0.05, 0) is 61.4 Å². The Balaban J connectivity index is 1.83. The van der Waals surface area contributed by atoms with Crippen LogP contribution in [0, 0.1) is 11.6 Å². The molecule has 1 atom stereocenters. The van der Waals surface area contributed by atoms with Crippen LogP contribution in [0.5, 0.6) is 5.75 Å². The zero-order chi connectivity index (χ0) is 30.1. The van der Waals surface area contributed by atoms with Gasteiger partial charge >= 0.3 is 12.1 Å². The number of fused-ring (bicyclic) bond motifs is 1. The maximum Gasteiger partial charge on any atom is 0.416 e. The molecule has 1 heterocycles. The fourth-order valence-corrected chi connectivity index (χ4v) is 6.22. The van der Waals surface area contributed by atoms with Crippen LogP contribution in [0.2, 0.25) is 5.02 Å². The molecule has 1 aliphatic heterocycles. The number of carbonyl (C=O) groups is 1. The van der Waals surface area contributed by atoms with Gasteiger partial charge in [-0.2, -0.15) is 13.2 Å². The van der Waals surface area contributed by atoms with Crippen molar-refractivity contribution in [2.75, 3.05) is 18.0 Å². The first kappa shape index (κ1) is 30.3. The topological polar surface area (TPSA) is 72.9 Å². The number of methoxy groups -OCH3 is 1. The van der Waals surface area contributed by atoms with E-state index in [0.717, 1.165) is 34.6 Å². The molecule has 0 bridgehead atoms. The van der Waals surface area contributed by atoms with E-state index in [4.69, 9.17) is 16.3 Å². The monoisotopic (exact) mass is 615 g/mol. The summed E-state index contributed by atoms with van der Waals surface area (Å²) in [5.41, 5.74) is -1.24. The number of benzene rings is 3.